The van der Waals surface area contributed by atoms with Crippen LogP contribution >= 0.6 is 11.6 Å². The van der Waals surface area contributed by atoms with Gasteiger partial charge in [-0.1, -0.05) is 11.6 Å². The zero-order valence-electron chi connectivity index (χ0n) is 11.4. The third kappa shape index (κ3) is 3.19. The van der Waals surface area contributed by atoms with Crippen molar-refractivity contribution in [1.82, 2.24) is 14.8 Å². The molecular weight excluding hydrogens is 334 g/mol. The van der Waals surface area contributed by atoms with Gasteiger partial charge in [0.1, 0.15) is 11.0 Å². The molecule has 0 atom stereocenters. The summed E-state index contributed by atoms with van der Waals surface area (Å²) in [6, 6.07) is 8.83. The van der Waals surface area contributed by atoms with Gasteiger partial charge in [-0.3, -0.25) is 0 Å². The zero-order chi connectivity index (χ0) is 16.6. The number of alkyl halides is 3. The summed E-state index contributed by atoms with van der Waals surface area (Å²) in [6.45, 7) is 0. The van der Waals surface area contributed by atoms with Crippen LogP contribution in [0, 0.1) is 5.82 Å². The second-order valence-electron chi connectivity index (χ2n) is 4.67. The monoisotopic (exact) mass is 341 g/mol. The number of hydrogen-bond donors (Lipinski definition) is 0. The molecule has 0 aliphatic carbocycles. The fourth-order valence-corrected chi connectivity index (χ4v) is 2.24. The summed E-state index contributed by atoms with van der Waals surface area (Å²) in [5.41, 5.74) is -0.167. The number of benzene rings is 1. The predicted molar refractivity (Wildman–Crippen MR) is 76.8 cm³/mol. The van der Waals surface area contributed by atoms with Gasteiger partial charge in [0.25, 0.3) is 0 Å². The molecule has 3 aromatic rings. The molecule has 0 saturated carbocycles. The van der Waals surface area contributed by atoms with E-state index in [4.69, 9.17) is 11.6 Å². The molecule has 0 fully saturated rings. The Morgan fingerprint density at radius 2 is 1.70 bits per heavy atom. The maximum absolute atomic E-state index is 13.0. The molecule has 8 heteroatoms. The molecule has 23 heavy (non-hydrogen) atoms. The summed E-state index contributed by atoms with van der Waals surface area (Å²) in [6.07, 6.45) is -3.22. The van der Waals surface area contributed by atoms with E-state index in [2.05, 4.69) is 10.1 Å². The minimum atomic E-state index is -4.60. The second-order valence-corrected chi connectivity index (χ2v) is 5.06. The maximum atomic E-state index is 13.0. The highest BCUT2D eigenvalue weighted by molar-refractivity contribution is 6.29. The molecule has 1 aromatic carbocycles. The van der Waals surface area contributed by atoms with Crippen LogP contribution in [0.4, 0.5) is 17.6 Å². The van der Waals surface area contributed by atoms with Gasteiger partial charge in [0.05, 0.1) is 11.4 Å². The van der Waals surface area contributed by atoms with E-state index < -0.39 is 17.7 Å². The van der Waals surface area contributed by atoms with E-state index >= 15 is 0 Å². The van der Waals surface area contributed by atoms with Crippen LogP contribution in [0.5, 0.6) is 0 Å². The van der Waals surface area contributed by atoms with Crippen molar-refractivity contribution in [1.29, 1.82) is 0 Å². The quantitative estimate of drug-likeness (QED) is 0.497. The van der Waals surface area contributed by atoms with Crippen LogP contribution in [0.15, 0.2) is 48.7 Å². The standard InChI is InChI=1S/C15H8ClF4N3/c16-14-7-9(5-6-21-14)12-8-13(15(18,19)20)22-23(12)11-3-1-10(17)2-4-11/h1-8H. The summed E-state index contributed by atoms with van der Waals surface area (Å²) in [4.78, 5) is 3.80. The minimum Gasteiger partial charge on any atom is -0.245 e. The van der Waals surface area contributed by atoms with Crippen LogP contribution in [0.3, 0.4) is 0 Å². The van der Waals surface area contributed by atoms with Gasteiger partial charge in [-0.25, -0.2) is 14.1 Å². The van der Waals surface area contributed by atoms with E-state index in [9.17, 15) is 17.6 Å². The number of rotatable bonds is 2. The van der Waals surface area contributed by atoms with Gasteiger partial charge >= 0.3 is 6.18 Å². The van der Waals surface area contributed by atoms with Crippen molar-refractivity contribution in [2.75, 3.05) is 0 Å². The largest absolute Gasteiger partial charge is 0.435 e. The topological polar surface area (TPSA) is 30.7 Å². The molecule has 0 amide bonds. The van der Waals surface area contributed by atoms with Crippen molar-refractivity contribution >= 4 is 11.6 Å². The van der Waals surface area contributed by atoms with E-state index in [1.54, 1.807) is 0 Å². The summed E-state index contributed by atoms with van der Waals surface area (Å²) in [5.74, 6) is -0.495. The third-order valence-electron chi connectivity index (χ3n) is 3.09. The number of nitrogens with zero attached hydrogens (tertiary/aromatic N) is 3. The molecule has 0 aliphatic rings. The molecule has 2 aromatic heterocycles. The first-order chi connectivity index (χ1) is 10.8. The van der Waals surface area contributed by atoms with Crippen LogP contribution in [-0.2, 0) is 6.18 Å². The molecule has 0 aliphatic heterocycles. The molecule has 0 spiro atoms. The molecule has 118 valence electrons. The highest BCUT2D eigenvalue weighted by Gasteiger charge is 2.35. The lowest BCUT2D eigenvalue weighted by Crippen LogP contribution is -2.07. The Balaban J connectivity index is 2.21. The SMILES string of the molecule is Fc1ccc(-n2nc(C(F)(F)F)cc2-c2ccnc(Cl)c2)cc1. The summed E-state index contributed by atoms with van der Waals surface area (Å²) >= 11 is 5.80. The molecular formula is C15H8ClF4N3. The zero-order valence-corrected chi connectivity index (χ0v) is 12.1. The van der Waals surface area contributed by atoms with Gasteiger partial charge in [-0.2, -0.15) is 18.3 Å². The van der Waals surface area contributed by atoms with E-state index in [0.29, 0.717) is 11.3 Å². The number of pyridine rings is 1. The first-order valence-electron chi connectivity index (χ1n) is 6.40. The minimum absolute atomic E-state index is 0.142. The lowest BCUT2D eigenvalue weighted by molar-refractivity contribution is -0.141. The molecule has 0 bridgehead atoms. The summed E-state index contributed by atoms with van der Waals surface area (Å²) in [5, 5.41) is 3.73. The number of hydrogen-bond acceptors (Lipinski definition) is 2. The normalized spacial score (nSPS) is 11.7. The lowest BCUT2D eigenvalue weighted by Gasteiger charge is -2.07. The fraction of sp³-hybridized carbons (Fsp3) is 0.0667. The molecule has 3 rings (SSSR count). The molecule has 3 nitrogen and oxygen atoms in total. The fourth-order valence-electron chi connectivity index (χ4n) is 2.07. The van der Waals surface area contributed by atoms with E-state index in [-0.39, 0.29) is 10.8 Å². The first kappa shape index (κ1) is 15.5. The van der Waals surface area contributed by atoms with Crippen molar-refractivity contribution in [2.24, 2.45) is 0 Å². The Morgan fingerprint density at radius 1 is 1.00 bits per heavy atom. The van der Waals surface area contributed by atoms with Crippen LogP contribution in [0.1, 0.15) is 5.69 Å². The highest BCUT2D eigenvalue weighted by atomic mass is 35.5. The van der Waals surface area contributed by atoms with Crippen LogP contribution < -0.4 is 0 Å². The Morgan fingerprint density at radius 3 is 2.30 bits per heavy atom. The van der Waals surface area contributed by atoms with Crippen LogP contribution in [-0.4, -0.2) is 14.8 Å². The second kappa shape index (κ2) is 5.66. The van der Waals surface area contributed by atoms with E-state index in [1.807, 2.05) is 0 Å². The van der Waals surface area contributed by atoms with Gasteiger partial charge in [-0.05, 0) is 42.5 Å². The van der Waals surface area contributed by atoms with Gasteiger partial charge in [0.2, 0.25) is 0 Å². The smallest absolute Gasteiger partial charge is 0.245 e. The Hall–Kier alpha value is -2.41. The predicted octanol–water partition coefficient (Wildman–Crippen LogP) is 4.75. The average Bonchev–Trinajstić information content (AvgIpc) is 2.93. The van der Waals surface area contributed by atoms with Crippen molar-refractivity contribution < 1.29 is 17.6 Å². The van der Waals surface area contributed by atoms with Crippen molar-refractivity contribution in [3.63, 3.8) is 0 Å². The lowest BCUT2D eigenvalue weighted by atomic mass is 10.2. The average molecular weight is 342 g/mol. The molecule has 0 radical (unpaired) electrons. The maximum Gasteiger partial charge on any atom is 0.435 e. The summed E-state index contributed by atoms with van der Waals surface area (Å²) in [7, 11) is 0. The van der Waals surface area contributed by atoms with E-state index in [0.717, 1.165) is 22.9 Å². The molecule has 0 saturated heterocycles. The van der Waals surface area contributed by atoms with E-state index in [1.165, 1.54) is 30.5 Å². The first-order valence-corrected chi connectivity index (χ1v) is 6.77. The highest BCUT2D eigenvalue weighted by Crippen LogP contribution is 2.33. The van der Waals surface area contributed by atoms with Crippen molar-refractivity contribution in [3.05, 3.63) is 65.3 Å². The Bertz CT molecular complexity index is 841. The van der Waals surface area contributed by atoms with Crippen molar-refractivity contribution in [2.45, 2.75) is 6.18 Å². The van der Waals surface area contributed by atoms with Crippen LogP contribution in [0.2, 0.25) is 5.15 Å². The Kier molecular flexibility index (Phi) is 3.81. The number of aromatic nitrogens is 3. The summed E-state index contributed by atoms with van der Waals surface area (Å²) < 4.78 is 53.1. The third-order valence-corrected chi connectivity index (χ3v) is 3.30. The number of halogens is 5. The van der Waals surface area contributed by atoms with Crippen LogP contribution in [0.25, 0.3) is 16.9 Å². The molecule has 0 unspecified atom stereocenters. The van der Waals surface area contributed by atoms with Gasteiger partial charge in [0, 0.05) is 11.8 Å². The van der Waals surface area contributed by atoms with Gasteiger partial charge < -0.3 is 0 Å². The van der Waals surface area contributed by atoms with Gasteiger partial charge in [-0.15, -0.1) is 0 Å². The molecule has 0 N–H and O–H groups in total. The van der Waals surface area contributed by atoms with Crippen molar-refractivity contribution in [3.8, 4) is 16.9 Å². The van der Waals surface area contributed by atoms with Gasteiger partial charge in [0.15, 0.2) is 5.69 Å². The molecule has 2 heterocycles. The Labute approximate surface area is 133 Å².